The Hall–Kier alpha value is -2.73. The maximum absolute atomic E-state index is 12.4. The molecule has 0 aliphatic carbocycles. The first-order valence-corrected chi connectivity index (χ1v) is 10.6. The highest BCUT2D eigenvalue weighted by Crippen LogP contribution is 2.29. The number of nitrogens with zero attached hydrogens (tertiary/aromatic N) is 1. The molecule has 1 aliphatic heterocycles. The van der Waals surface area contributed by atoms with Crippen molar-refractivity contribution in [3.63, 3.8) is 0 Å². The number of benzene rings is 1. The summed E-state index contributed by atoms with van der Waals surface area (Å²) < 4.78 is 16.8. The summed E-state index contributed by atoms with van der Waals surface area (Å²) in [5.41, 5.74) is 0.872. The highest BCUT2D eigenvalue weighted by molar-refractivity contribution is 5.91. The van der Waals surface area contributed by atoms with Gasteiger partial charge in [0.15, 0.2) is 11.5 Å². The van der Waals surface area contributed by atoms with Crippen molar-refractivity contribution in [2.75, 3.05) is 26.7 Å². The van der Waals surface area contributed by atoms with Gasteiger partial charge in [0.2, 0.25) is 5.91 Å². The summed E-state index contributed by atoms with van der Waals surface area (Å²) in [6.45, 7) is 6.51. The molecule has 1 saturated heterocycles. The first kappa shape index (κ1) is 22.0. The zero-order valence-electron chi connectivity index (χ0n) is 18.1. The van der Waals surface area contributed by atoms with Gasteiger partial charge >= 0.3 is 0 Å². The lowest BCUT2D eigenvalue weighted by atomic mass is 10.1. The topological polar surface area (TPSA) is 63.9 Å². The van der Waals surface area contributed by atoms with E-state index in [1.165, 1.54) is 19.3 Å². The van der Waals surface area contributed by atoms with Gasteiger partial charge in [0.25, 0.3) is 0 Å². The number of piperidine rings is 1. The molecule has 1 atom stereocenters. The maximum atomic E-state index is 12.4. The van der Waals surface area contributed by atoms with Crippen LogP contribution in [0.25, 0.3) is 6.08 Å². The molecule has 0 spiro atoms. The van der Waals surface area contributed by atoms with Crippen LogP contribution in [0.3, 0.4) is 0 Å². The first-order valence-electron chi connectivity index (χ1n) is 10.6. The van der Waals surface area contributed by atoms with E-state index in [4.69, 9.17) is 13.9 Å². The number of rotatable bonds is 9. The van der Waals surface area contributed by atoms with Crippen LogP contribution in [-0.4, -0.2) is 43.7 Å². The molecule has 1 aromatic carbocycles. The smallest absolute Gasteiger partial charge is 0.244 e. The van der Waals surface area contributed by atoms with E-state index in [0.717, 1.165) is 24.4 Å². The molecule has 6 heteroatoms. The molecule has 0 radical (unpaired) electrons. The Bertz CT molecular complexity index is 824. The van der Waals surface area contributed by atoms with E-state index in [2.05, 4.69) is 10.2 Å². The van der Waals surface area contributed by atoms with Gasteiger partial charge in [-0.15, -0.1) is 0 Å². The van der Waals surface area contributed by atoms with Crippen molar-refractivity contribution >= 4 is 12.0 Å². The molecule has 1 aliphatic rings. The lowest BCUT2D eigenvalue weighted by Gasteiger charge is -2.33. The normalized spacial score (nSPS) is 16.0. The van der Waals surface area contributed by atoms with Crippen molar-refractivity contribution in [2.45, 2.75) is 45.3 Å². The van der Waals surface area contributed by atoms with E-state index < -0.39 is 0 Å². The third-order valence-corrected chi connectivity index (χ3v) is 5.15. The van der Waals surface area contributed by atoms with E-state index in [1.54, 1.807) is 25.5 Å². The van der Waals surface area contributed by atoms with Crippen molar-refractivity contribution < 1.29 is 18.7 Å². The summed E-state index contributed by atoms with van der Waals surface area (Å²) in [6.07, 6.45) is 8.71. The number of methoxy groups -OCH3 is 1. The second-order valence-corrected chi connectivity index (χ2v) is 7.78. The number of furan rings is 1. The molecule has 30 heavy (non-hydrogen) atoms. The summed E-state index contributed by atoms with van der Waals surface area (Å²) in [5, 5.41) is 3.02. The average molecular weight is 413 g/mol. The number of carbonyl (C=O) groups excluding carboxylic acids is 1. The maximum Gasteiger partial charge on any atom is 0.244 e. The van der Waals surface area contributed by atoms with Gasteiger partial charge in [-0.25, -0.2) is 0 Å². The lowest BCUT2D eigenvalue weighted by molar-refractivity contribution is -0.116. The van der Waals surface area contributed by atoms with Gasteiger partial charge in [-0.3, -0.25) is 9.69 Å². The fourth-order valence-electron chi connectivity index (χ4n) is 3.69. The number of ether oxygens (including phenoxy) is 2. The Kier molecular flexibility index (Phi) is 7.97. The summed E-state index contributed by atoms with van der Waals surface area (Å²) in [4.78, 5) is 14.8. The quantitative estimate of drug-likeness (QED) is 0.617. The van der Waals surface area contributed by atoms with Crippen LogP contribution in [0.1, 0.15) is 50.5 Å². The Morgan fingerprint density at radius 2 is 2.00 bits per heavy atom. The van der Waals surface area contributed by atoms with Crippen molar-refractivity contribution in [3.8, 4) is 11.5 Å². The molecule has 1 unspecified atom stereocenters. The van der Waals surface area contributed by atoms with Gasteiger partial charge in [0.05, 0.1) is 25.5 Å². The van der Waals surface area contributed by atoms with E-state index in [9.17, 15) is 4.79 Å². The van der Waals surface area contributed by atoms with Crippen LogP contribution < -0.4 is 14.8 Å². The van der Waals surface area contributed by atoms with Crippen LogP contribution in [0.2, 0.25) is 0 Å². The van der Waals surface area contributed by atoms with Crippen molar-refractivity contribution in [1.82, 2.24) is 10.2 Å². The van der Waals surface area contributed by atoms with Gasteiger partial charge in [0.1, 0.15) is 5.76 Å². The summed E-state index contributed by atoms with van der Waals surface area (Å²) in [6, 6.07) is 9.57. The minimum Gasteiger partial charge on any atom is -0.493 e. The fourth-order valence-corrected chi connectivity index (χ4v) is 3.69. The van der Waals surface area contributed by atoms with Crippen LogP contribution in [0.15, 0.2) is 47.1 Å². The monoisotopic (exact) mass is 412 g/mol. The van der Waals surface area contributed by atoms with Crippen LogP contribution in [-0.2, 0) is 4.79 Å². The third-order valence-electron chi connectivity index (χ3n) is 5.15. The number of nitrogens with one attached hydrogen (secondary N) is 1. The van der Waals surface area contributed by atoms with Crippen molar-refractivity contribution in [3.05, 3.63) is 54.0 Å². The molecule has 1 N–H and O–H groups in total. The van der Waals surface area contributed by atoms with Crippen LogP contribution >= 0.6 is 0 Å². The van der Waals surface area contributed by atoms with Crippen LogP contribution in [0.4, 0.5) is 0 Å². The highest BCUT2D eigenvalue weighted by Gasteiger charge is 2.24. The summed E-state index contributed by atoms with van der Waals surface area (Å²) in [5.74, 6) is 2.10. The first-order chi connectivity index (χ1) is 14.6. The lowest BCUT2D eigenvalue weighted by Crippen LogP contribution is -2.40. The molecule has 2 heterocycles. The van der Waals surface area contributed by atoms with Gasteiger partial charge < -0.3 is 19.2 Å². The minimum atomic E-state index is -0.134. The average Bonchev–Trinajstić information content (AvgIpc) is 3.28. The molecule has 3 rings (SSSR count). The number of carbonyl (C=O) groups is 1. The van der Waals surface area contributed by atoms with Crippen molar-refractivity contribution in [2.24, 2.45) is 0 Å². The largest absolute Gasteiger partial charge is 0.493 e. The molecular weight excluding hydrogens is 380 g/mol. The molecule has 0 saturated carbocycles. The van der Waals surface area contributed by atoms with Gasteiger partial charge in [-0.1, -0.05) is 12.5 Å². The highest BCUT2D eigenvalue weighted by atomic mass is 16.5. The number of hydrogen-bond acceptors (Lipinski definition) is 5. The standard InChI is InChI=1S/C24H32N2O4/c1-18(2)30-22-11-9-19(16-23(22)28-3)10-12-24(27)25-17-20(21-8-7-15-29-21)26-13-5-4-6-14-26/h7-12,15-16,18,20H,4-6,13-14,17H2,1-3H3,(H,25,27)/b12-10+. The van der Waals surface area contributed by atoms with Gasteiger partial charge in [-0.2, -0.15) is 0 Å². The van der Waals surface area contributed by atoms with E-state index in [1.807, 2.05) is 44.2 Å². The zero-order chi connectivity index (χ0) is 21.3. The zero-order valence-corrected chi connectivity index (χ0v) is 18.1. The Morgan fingerprint density at radius 3 is 2.67 bits per heavy atom. The fraction of sp³-hybridized carbons (Fsp3) is 0.458. The van der Waals surface area contributed by atoms with Gasteiger partial charge in [-0.05, 0) is 75.7 Å². The number of hydrogen-bond donors (Lipinski definition) is 1. The molecule has 1 aromatic heterocycles. The molecule has 0 bridgehead atoms. The molecule has 162 valence electrons. The molecule has 1 amide bonds. The molecule has 6 nitrogen and oxygen atoms in total. The van der Waals surface area contributed by atoms with Crippen LogP contribution in [0.5, 0.6) is 11.5 Å². The Labute approximate surface area is 178 Å². The number of likely N-dealkylation sites (tertiary alicyclic amines) is 1. The third kappa shape index (κ3) is 6.13. The second-order valence-electron chi connectivity index (χ2n) is 7.78. The van der Waals surface area contributed by atoms with Gasteiger partial charge in [0, 0.05) is 12.6 Å². The van der Waals surface area contributed by atoms with E-state index >= 15 is 0 Å². The van der Waals surface area contributed by atoms with Crippen LogP contribution in [0, 0.1) is 0 Å². The molecular formula is C24H32N2O4. The number of amides is 1. The van der Waals surface area contributed by atoms with Crippen molar-refractivity contribution in [1.29, 1.82) is 0 Å². The SMILES string of the molecule is COc1cc(/C=C/C(=O)NCC(c2ccco2)N2CCCCC2)ccc1OC(C)C. The second kappa shape index (κ2) is 10.9. The minimum absolute atomic E-state index is 0.0604. The summed E-state index contributed by atoms with van der Waals surface area (Å²) in [7, 11) is 1.61. The Balaban J connectivity index is 1.60. The summed E-state index contributed by atoms with van der Waals surface area (Å²) >= 11 is 0. The predicted molar refractivity (Wildman–Crippen MR) is 118 cm³/mol. The van der Waals surface area contributed by atoms with E-state index in [-0.39, 0.29) is 18.1 Å². The predicted octanol–water partition coefficient (Wildman–Crippen LogP) is 4.43. The van der Waals surface area contributed by atoms with E-state index in [0.29, 0.717) is 18.0 Å². The molecule has 1 fully saturated rings. The molecule has 2 aromatic rings. The Morgan fingerprint density at radius 1 is 1.20 bits per heavy atom.